The summed E-state index contributed by atoms with van der Waals surface area (Å²) in [6.07, 6.45) is 2.38. The van der Waals surface area contributed by atoms with Crippen LogP contribution >= 0.6 is 23.2 Å². The molecule has 1 aromatic heterocycles. The molecule has 0 spiro atoms. The summed E-state index contributed by atoms with van der Waals surface area (Å²) in [5.74, 6) is -1.09. The minimum absolute atomic E-state index is 0.0233. The Morgan fingerprint density at radius 3 is 2.47 bits per heavy atom. The van der Waals surface area contributed by atoms with Crippen molar-refractivity contribution in [1.82, 2.24) is 4.57 Å². The highest BCUT2D eigenvalue weighted by Gasteiger charge is 2.28. The van der Waals surface area contributed by atoms with E-state index in [2.05, 4.69) is 0 Å². The number of methoxy groups -OCH3 is 1. The van der Waals surface area contributed by atoms with Crippen LogP contribution in [0.2, 0.25) is 10.0 Å². The molecule has 4 nitrogen and oxygen atoms in total. The zero-order valence-electron chi connectivity index (χ0n) is 18.3. The van der Waals surface area contributed by atoms with Gasteiger partial charge < -0.3 is 14.0 Å². The van der Waals surface area contributed by atoms with Crippen LogP contribution < -0.4 is 0 Å². The van der Waals surface area contributed by atoms with Crippen molar-refractivity contribution in [2.75, 3.05) is 20.3 Å². The molecule has 0 aliphatic heterocycles. The molecule has 2 atom stereocenters. The van der Waals surface area contributed by atoms with Gasteiger partial charge in [-0.15, -0.1) is 0 Å². The summed E-state index contributed by atoms with van der Waals surface area (Å²) in [6.45, 7) is 4.55. The Hall–Kier alpha value is -2.34. The smallest absolute Gasteiger partial charge is 0.339 e. The number of esters is 1. The van der Waals surface area contributed by atoms with E-state index in [9.17, 15) is 9.18 Å². The van der Waals surface area contributed by atoms with Crippen LogP contribution in [0.1, 0.15) is 53.0 Å². The topological polar surface area (TPSA) is 40.5 Å². The predicted octanol–water partition coefficient (Wildman–Crippen LogP) is 6.69. The average Bonchev–Trinajstić information content (AvgIpc) is 3.21. The van der Waals surface area contributed by atoms with Gasteiger partial charge in [0.05, 0.1) is 29.8 Å². The van der Waals surface area contributed by atoms with Crippen molar-refractivity contribution in [3.05, 3.63) is 93.0 Å². The van der Waals surface area contributed by atoms with Crippen molar-refractivity contribution in [2.45, 2.75) is 32.2 Å². The monoisotopic (exact) mass is 477 g/mol. The number of hydrogen-bond donors (Lipinski definition) is 0. The fraction of sp³-hybridized carbons (Fsp3) is 0.320. The quantitative estimate of drug-likeness (QED) is 0.322. The highest BCUT2D eigenvalue weighted by molar-refractivity contribution is 6.31. The Morgan fingerprint density at radius 2 is 1.84 bits per heavy atom. The van der Waals surface area contributed by atoms with Gasteiger partial charge in [0.15, 0.2) is 0 Å². The normalized spacial score (nSPS) is 13.1. The maximum absolute atomic E-state index is 13.8. The van der Waals surface area contributed by atoms with Gasteiger partial charge in [0.25, 0.3) is 0 Å². The first-order valence-electron chi connectivity index (χ1n) is 10.4. The van der Waals surface area contributed by atoms with Gasteiger partial charge >= 0.3 is 5.97 Å². The maximum Gasteiger partial charge on any atom is 0.339 e. The number of carbonyl (C=O) groups is 1. The molecule has 0 amide bonds. The third kappa shape index (κ3) is 5.52. The summed E-state index contributed by atoms with van der Waals surface area (Å²) in [5.41, 5.74) is 3.10. The first-order chi connectivity index (χ1) is 15.3. The van der Waals surface area contributed by atoms with Gasteiger partial charge in [0.2, 0.25) is 0 Å². The molecule has 0 N–H and O–H groups in total. The second-order valence-corrected chi connectivity index (χ2v) is 8.45. The lowest BCUT2D eigenvalue weighted by atomic mass is 9.87. The number of ether oxygens (including phenoxy) is 2. The number of carbonyl (C=O) groups excluding carboxylic acids is 1. The van der Waals surface area contributed by atoms with Crippen molar-refractivity contribution in [3.8, 4) is 0 Å². The third-order valence-corrected chi connectivity index (χ3v) is 5.90. The lowest BCUT2D eigenvalue weighted by Crippen LogP contribution is -2.20. The van der Waals surface area contributed by atoms with Gasteiger partial charge in [-0.2, -0.15) is 0 Å². The van der Waals surface area contributed by atoms with Gasteiger partial charge in [-0.1, -0.05) is 41.4 Å². The van der Waals surface area contributed by atoms with Crippen LogP contribution in [0.5, 0.6) is 0 Å². The highest BCUT2D eigenvalue weighted by Crippen LogP contribution is 2.35. The molecular formula is C25H26Cl2FNO3. The molecule has 0 saturated carbocycles. The molecule has 3 aromatic rings. The van der Waals surface area contributed by atoms with E-state index < -0.39 is 5.82 Å². The van der Waals surface area contributed by atoms with Gasteiger partial charge in [-0.3, -0.25) is 0 Å². The van der Waals surface area contributed by atoms with Gasteiger partial charge in [-0.05, 0) is 61.7 Å². The van der Waals surface area contributed by atoms with Crippen LogP contribution in [0, 0.1) is 5.82 Å². The molecule has 0 fully saturated rings. The van der Waals surface area contributed by atoms with E-state index in [0.717, 1.165) is 16.8 Å². The van der Waals surface area contributed by atoms with E-state index in [0.29, 0.717) is 23.6 Å². The Bertz CT molecular complexity index is 1070. The molecule has 1 unspecified atom stereocenters. The molecule has 2 aromatic carbocycles. The van der Waals surface area contributed by atoms with E-state index in [1.807, 2.05) is 42.0 Å². The van der Waals surface area contributed by atoms with Gasteiger partial charge in [0.1, 0.15) is 5.82 Å². The number of nitrogens with zero attached hydrogens (tertiary/aromatic N) is 1. The molecule has 0 aliphatic rings. The standard InChI is InChI=1S/C25H26Cl2FNO3/c1-4-32-25(30)20-11-12-29(16(2)15-31-3)24(20)21(18-6-8-19(26)9-7-18)13-17-5-10-23(28)22(27)14-17/h5-12,14,16,21H,4,13,15H2,1-3H3/t16-,21?/m1/s1. The third-order valence-electron chi connectivity index (χ3n) is 5.36. The first-order valence-corrected chi connectivity index (χ1v) is 11.2. The second-order valence-electron chi connectivity index (χ2n) is 7.60. The molecule has 0 bridgehead atoms. The largest absolute Gasteiger partial charge is 0.462 e. The van der Waals surface area contributed by atoms with Gasteiger partial charge in [-0.25, -0.2) is 9.18 Å². The molecule has 32 heavy (non-hydrogen) atoms. The summed E-state index contributed by atoms with van der Waals surface area (Å²) in [6, 6.07) is 13.9. The van der Waals surface area contributed by atoms with Crippen LogP contribution in [0.25, 0.3) is 0 Å². The van der Waals surface area contributed by atoms with Crippen LogP contribution in [0.3, 0.4) is 0 Å². The zero-order valence-corrected chi connectivity index (χ0v) is 19.8. The molecule has 0 radical (unpaired) electrons. The molecule has 3 rings (SSSR count). The first kappa shape index (κ1) is 24.3. The van der Waals surface area contributed by atoms with Crippen LogP contribution in [-0.2, 0) is 15.9 Å². The van der Waals surface area contributed by atoms with E-state index in [1.54, 1.807) is 32.2 Å². The lowest BCUT2D eigenvalue weighted by molar-refractivity contribution is 0.0524. The number of benzene rings is 2. The Balaban J connectivity index is 2.17. The summed E-state index contributed by atoms with van der Waals surface area (Å²) < 4.78 is 26.5. The average molecular weight is 478 g/mol. The van der Waals surface area contributed by atoms with E-state index in [4.69, 9.17) is 32.7 Å². The maximum atomic E-state index is 13.8. The van der Waals surface area contributed by atoms with Crippen molar-refractivity contribution in [2.24, 2.45) is 0 Å². The summed E-state index contributed by atoms with van der Waals surface area (Å²) in [5, 5.41) is 0.678. The molecule has 7 heteroatoms. The second kappa shape index (κ2) is 11.0. The molecule has 170 valence electrons. The fourth-order valence-electron chi connectivity index (χ4n) is 3.88. The molecular weight excluding hydrogens is 452 g/mol. The fourth-order valence-corrected chi connectivity index (χ4v) is 4.21. The number of hydrogen-bond acceptors (Lipinski definition) is 3. The Morgan fingerprint density at radius 1 is 1.12 bits per heavy atom. The minimum atomic E-state index is -0.470. The van der Waals surface area contributed by atoms with Crippen molar-refractivity contribution in [3.63, 3.8) is 0 Å². The van der Waals surface area contributed by atoms with Crippen molar-refractivity contribution in [1.29, 1.82) is 0 Å². The van der Waals surface area contributed by atoms with Crippen LogP contribution in [0.15, 0.2) is 54.7 Å². The molecule has 0 aliphatic carbocycles. The SMILES string of the molecule is CCOC(=O)c1ccn([C@H](C)COC)c1C(Cc1ccc(F)c(Cl)c1)c1ccc(Cl)cc1. The van der Waals surface area contributed by atoms with Crippen LogP contribution in [0.4, 0.5) is 4.39 Å². The summed E-state index contributed by atoms with van der Waals surface area (Å²) >= 11 is 12.2. The number of rotatable bonds is 9. The van der Waals surface area contributed by atoms with Crippen molar-refractivity contribution >= 4 is 29.2 Å². The molecule has 1 heterocycles. The predicted molar refractivity (Wildman–Crippen MR) is 125 cm³/mol. The zero-order chi connectivity index (χ0) is 23.3. The lowest BCUT2D eigenvalue weighted by Gasteiger charge is -2.25. The highest BCUT2D eigenvalue weighted by atomic mass is 35.5. The van der Waals surface area contributed by atoms with Crippen LogP contribution in [-0.4, -0.2) is 30.9 Å². The number of halogens is 3. The summed E-state index contributed by atoms with van der Waals surface area (Å²) in [4.78, 5) is 12.8. The van der Waals surface area contributed by atoms with Crippen molar-refractivity contribution < 1.29 is 18.7 Å². The van der Waals surface area contributed by atoms with E-state index in [-0.39, 0.29) is 29.6 Å². The minimum Gasteiger partial charge on any atom is -0.462 e. The molecule has 0 saturated heterocycles. The Kier molecular flexibility index (Phi) is 8.35. The van der Waals surface area contributed by atoms with E-state index in [1.165, 1.54) is 6.07 Å². The van der Waals surface area contributed by atoms with E-state index >= 15 is 0 Å². The summed E-state index contributed by atoms with van der Waals surface area (Å²) in [7, 11) is 1.64. The Labute approximate surface area is 197 Å². The number of aromatic nitrogens is 1. The van der Waals surface area contributed by atoms with Gasteiger partial charge in [0, 0.05) is 29.9 Å².